The van der Waals surface area contributed by atoms with Crippen LogP contribution in [0.2, 0.25) is 0 Å². The number of imidazole rings is 1. The van der Waals surface area contributed by atoms with E-state index in [1.165, 1.54) is 6.33 Å². The van der Waals surface area contributed by atoms with Crippen LogP contribution in [0.15, 0.2) is 17.7 Å². The summed E-state index contributed by atoms with van der Waals surface area (Å²) in [4.78, 5) is 15.8. The number of hydrogen-bond acceptors (Lipinski definition) is 4. The highest BCUT2D eigenvalue weighted by atomic mass is 16.4. The van der Waals surface area contributed by atoms with E-state index in [0.717, 1.165) is 0 Å². The first-order chi connectivity index (χ1) is 7.92. The number of oxime groups is 1. The van der Waals surface area contributed by atoms with Gasteiger partial charge in [0, 0.05) is 13.2 Å². The number of amidine groups is 1. The summed E-state index contributed by atoms with van der Waals surface area (Å²) >= 11 is 0. The number of rotatable bonds is 4. The maximum atomic E-state index is 11.9. The number of amides is 1. The first-order valence-electron chi connectivity index (χ1n) is 5.21. The second kappa shape index (κ2) is 4.86. The molecule has 0 aromatic carbocycles. The number of nitrogens with one attached hydrogen (secondary N) is 1. The van der Waals surface area contributed by atoms with E-state index in [-0.39, 0.29) is 17.4 Å². The van der Waals surface area contributed by atoms with Gasteiger partial charge in [0.25, 0.3) is 5.91 Å². The summed E-state index contributed by atoms with van der Waals surface area (Å²) < 4.78 is 1.67. The van der Waals surface area contributed by atoms with E-state index in [4.69, 9.17) is 10.9 Å². The second-order valence-electron chi connectivity index (χ2n) is 4.05. The molecule has 0 bridgehead atoms. The molecule has 0 aliphatic carbocycles. The summed E-state index contributed by atoms with van der Waals surface area (Å²) in [6.45, 7) is 3.51. The predicted octanol–water partition coefficient (Wildman–Crippen LogP) is 0.0650. The lowest BCUT2D eigenvalue weighted by molar-refractivity contribution is 0.0920. The number of aromatic nitrogens is 2. The molecule has 0 radical (unpaired) electrons. The van der Waals surface area contributed by atoms with Gasteiger partial charge in [-0.05, 0) is 13.3 Å². The Morgan fingerprint density at radius 2 is 2.41 bits per heavy atom. The molecule has 0 saturated carbocycles. The summed E-state index contributed by atoms with van der Waals surface area (Å²) in [5, 5.41) is 14.3. The van der Waals surface area contributed by atoms with Crippen LogP contribution in [0.4, 0.5) is 0 Å². The maximum absolute atomic E-state index is 11.9. The Bertz CT molecular complexity index is 440. The molecule has 1 heterocycles. The fourth-order valence-corrected chi connectivity index (χ4v) is 1.29. The van der Waals surface area contributed by atoms with Crippen molar-refractivity contribution in [2.45, 2.75) is 25.8 Å². The zero-order valence-electron chi connectivity index (χ0n) is 10.1. The summed E-state index contributed by atoms with van der Waals surface area (Å²) in [5.74, 6) is -0.397. The van der Waals surface area contributed by atoms with Crippen molar-refractivity contribution in [3.8, 4) is 0 Å². The Hall–Kier alpha value is -2.05. The van der Waals surface area contributed by atoms with Gasteiger partial charge in [-0.1, -0.05) is 12.1 Å². The third-order valence-corrected chi connectivity index (χ3v) is 2.71. The quantitative estimate of drug-likeness (QED) is 0.299. The Kier molecular flexibility index (Phi) is 3.72. The van der Waals surface area contributed by atoms with Crippen molar-refractivity contribution in [3.05, 3.63) is 18.2 Å². The first-order valence-corrected chi connectivity index (χ1v) is 5.21. The Balaban J connectivity index is 2.86. The maximum Gasteiger partial charge on any atom is 0.272 e. The molecular formula is C10H17N5O2. The number of hydrogen-bond donors (Lipinski definition) is 3. The number of nitrogens with two attached hydrogens (primary N) is 1. The molecule has 4 N–H and O–H groups in total. The molecule has 1 aromatic heterocycles. The van der Waals surface area contributed by atoms with Crippen molar-refractivity contribution in [2.24, 2.45) is 17.9 Å². The van der Waals surface area contributed by atoms with Crippen molar-refractivity contribution in [3.63, 3.8) is 0 Å². The molecule has 0 fully saturated rings. The molecule has 1 unspecified atom stereocenters. The predicted molar refractivity (Wildman–Crippen MR) is 62.8 cm³/mol. The van der Waals surface area contributed by atoms with E-state index >= 15 is 0 Å². The van der Waals surface area contributed by atoms with Gasteiger partial charge in [-0.15, -0.1) is 0 Å². The van der Waals surface area contributed by atoms with Gasteiger partial charge in [0.15, 0.2) is 5.84 Å². The van der Waals surface area contributed by atoms with Gasteiger partial charge in [-0.25, -0.2) is 4.98 Å². The summed E-state index contributed by atoms with van der Waals surface area (Å²) in [6.07, 6.45) is 3.63. The fourth-order valence-electron chi connectivity index (χ4n) is 1.29. The average molecular weight is 239 g/mol. The van der Waals surface area contributed by atoms with Crippen LogP contribution >= 0.6 is 0 Å². The van der Waals surface area contributed by atoms with Gasteiger partial charge in [0.1, 0.15) is 5.69 Å². The lowest BCUT2D eigenvalue weighted by Gasteiger charge is -2.27. The van der Waals surface area contributed by atoms with E-state index in [1.807, 2.05) is 6.92 Å². The number of carbonyl (C=O) groups excluding carboxylic acids is 1. The Morgan fingerprint density at radius 3 is 2.82 bits per heavy atom. The summed E-state index contributed by atoms with van der Waals surface area (Å²) in [7, 11) is 1.77. The monoisotopic (exact) mass is 239 g/mol. The second-order valence-corrected chi connectivity index (χ2v) is 4.05. The molecule has 7 heteroatoms. The molecule has 1 aromatic rings. The minimum Gasteiger partial charge on any atom is -0.409 e. The van der Waals surface area contributed by atoms with Crippen LogP contribution in [-0.2, 0) is 7.05 Å². The molecule has 0 saturated heterocycles. The number of carbonyl (C=O) groups is 1. The largest absolute Gasteiger partial charge is 0.409 e. The lowest BCUT2D eigenvalue weighted by Crippen LogP contribution is -2.55. The average Bonchev–Trinajstić information content (AvgIpc) is 2.74. The van der Waals surface area contributed by atoms with Crippen LogP contribution in [0.1, 0.15) is 30.8 Å². The molecule has 1 rings (SSSR count). The van der Waals surface area contributed by atoms with Crippen molar-refractivity contribution in [1.29, 1.82) is 0 Å². The highest BCUT2D eigenvalue weighted by Crippen LogP contribution is 2.10. The van der Waals surface area contributed by atoms with E-state index in [2.05, 4.69) is 15.5 Å². The zero-order valence-corrected chi connectivity index (χ0v) is 10.1. The molecule has 17 heavy (non-hydrogen) atoms. The lowest BCUT2D eigenvalue weighted by atomic mass is 9.97. The summed E-state index contributed by atoms with van der Waals surface area (Å²) in [5.41, 5.74) is 4.96. The zero-order chi connectivity index (χ0) is 13.1. The minimum absolute atomic E-state index is 0.0377. The summed E-state index contributed by atoms with van der Waals surface area (Å²) in [6, 6.07) is 0. The SMILES string of the molecule is CCC(C)(NC(=O)c1cn(C)cn1)C(N)=NO. The van der Waals surface area contributed by atoms with Crippen LogP contribution in [0.25, 0.3) is 0 Å². The van der Waals surface area contributed by atoms with Crippen LogP contribution in [0.3, 0.4) is 0 Å². The smallest absolute Gasteiger partial charge is 0.272 e. The van der Waals surface area contributed by atoms with Gasteiger partial charge in [0.2, 0.25) is 0 Å². The Morgan fingerprint density at radius 1 is 1.76 bits per heavy atom. The van der Waals surface area contributed by atoms with Crippen LogP contribution in [0.5, 0.6) is 0 Å². The third-order valence-electron chi connectivity index (χ3n) is 2.71. The van der Waals surface area contributed by atoms with Crippen LogP contribution in [-0.4, -0.2) is 32.0 Å². The van der Waals surface area contributed by atoms with Gasteiger partial charge in [-0.3, -0.25) is 4.79 Å². The molecule has 94 valence electrons. The van der Waals surface area contributed by atoms with Crippen molar-refractivity contribution >= 4 is 11.7 Å². The van der Waals surface area contributed by atoms with Crippen molar-refractivity contribution < 1.29 is 10.0 Å². The van der Waals surface area contributed by atoms with Crippen molar-refractivity contribution in [2.75, 3.05) is 0 Å². The third kappa shape index (κ3) is 2.74. The molecule has 0 aliphatic heterocycles. The molecular weight excluding hydrogens is 222 g/mol. The van der Waals surface area contributed by atoms with Gasteiger partial charge < -0.3 is 20.8 Å². The highest BCUT2D eigenvalue weighted by Gasteiger charge is 2.30. The van der Waals surface area contributed by atoms with Crippen LogP contribution < -0.4 is 11.1 Å². The topological polar surface area (TPSA) is 106 Å². The molecule has 7 nitrogen and oxygen atoms in total. The van der Waals surface area contributed by atoms with Gasteiger partial charge in [-0.2, -0.15) is 0 Å². The first kappa shape index (κ1) is 13.0. The molecule has 0 spiro atoms. The fraction of sp³-hybridized carbons (Fsp3) is 0.500. The molecule has 0 aliphatic rings. The van der Waals surface area contributed by atoms with E-state index < -0.39 is 5.54 Å². The normalized spacial score (nSPS) is 15.4. The van der Waals surface area contributed by atoms with Gasteiger partial charge >= 0.3 is 0 Å². The van der Waals surface area contributed by atoms with E-state index in [0.29, 0.717) is 6.42 Å². The number of nitrogens with zero attached hydrogens (tertiary/aromatic N) is 3. The Labute approximate surface area is 99.3 Å². The molecule has 1 atom stereocenters. The van der Waals surface area contributed by atoms with Crippen molar-refractivity contribution in [1.82, 2.24) is 14.9 Å². The minimum atomic E-state index is -0.886. The van der Waals surface area contributed by atoms with E-state index in [9.17, 15) is 4.79 Å². The highest BCUT2D eigenvalue weighted by molar-refractivity contribution is 5.98. The number of aryl methyl sites for hydroxylation is 1. The van der Waals surface area contributed by atoms with Crippen LogP contribution in [0, 0.1) is 0 Å². The standard InChI is InChI=1S/C10H17N5O2/c1-4-10(2,9(11)14-17)13-8(16)7-5-15(3)6-12-7/h5-6,17H,4H2,1-3H3,(H2,11,14)(H,13,16). The van der Waals surface area contributed by atoms with E-state index in [1.54, 1.807) is 24.7 Å². The van der Waals surface area contributed by atoms with Gasteiger partial charge in [0.05, 0.1) is 11.9 Å². The molecule has 1 amide bonds.